The van der Waals surface area contributed by atoms with Gasteiger partial charge in [-0.15, -0.1) is 11.3 Å². The van der Waals surface area contributed by atoms with Crippen LogP contribution in [0.1, 0.15) is 27.7 Å². The molecule has 0 spiro atoms. The molecule has 0 fully saturated rings. The minimum atomic E-state index is -3.75. The molecule has 2 heterocycles. The number of para-hydroxylation sites is 1. The topological polar surface area (TPSA) is 74.7 Å². The Hall–Kier alpha value is -1.86. The Labute approximate surface area is 132 Å². The molecule has 0 aliphatic carbocycles. The van der Waals surface area contributed by atoms with Crippen molar-refractivity contribution < 1.29 is 18.3 Å². The molecule has 0 unspecified atom stereocenters. The summed E-state index contributed by atoms with van der Waals surface area (Å²) in [5.41, 5.74) is 2.14. The van der Waals surface area contributed by atoms with Gasteiger partial charge in [0, 0.05) is 6.04 Å². The molecule has 22 heavy (non-hydrogen) atoms. The maximum absolute atomic E-state index is 12.9. The first-order valence-electron chi connectivity index (χ1n) is 6.78. The van der Waals surface area contributed by atoms with Crippen LogP contribution >= 0.6 is 11.3 Å². The highest BCUT2D eigenvalue weighted by atomic mass is 32.2. The summed E-state index contributed by atoms with van der Waals surface area (Å²) in [5.74, 6) is -1.10. The number of hydrogen-bond acceptors (Lipinski definition) is 4. The van der Waals surface area contributed by atoms with Gasteiger partial charge in [-0.1, -0.05) is 18.2 Å². The SMILES string of the molecule is Cc1cc(S(=O)(=O)N2c3ccccc3C[C@H]2C)sc1C(=O)O. The van der Waals surface area contributed by atoms with Gasteiger partial charge in [-0.05, 0) is 43.5 Å². The van der Waals surface area contributed by atoms with E-state index in [9.17, 15) is 13.2 Å². The third-order valence-corrected chi connectivity index (χ3v) is 7.35. The predicted molar refractivity (Wildman–Crippen MR) is 85.3 cm³/mol. The molecule has 1 aromatic heterocycles. The third-order valence-electron chi connectivity index (χ3n) is 3.75. The zero-order chi connectivity index (χ0) is 16.1. The van der Waals surface area contributed by atoms with Crippen molar-refractivity contribution in [3.63, 3.8) is 0 Å². The van der Waals surface area contributed by atoms with E-state index in [-0.39, 0.29) is 15.1 Å². The number of anilines is 1. The number of carbonyl (C=O) groups is 1. The van der Waals surface area contributed by atoms with Gasteiger partial charge in [0.2, 0.25) is 0 Å². The summed E-state index contributed by atoms with van der Waals surface area (Å²) in [6.07, 6.45) is 0.658. The fourth-order valence-corrected chi connectivity index (χ4v) is 5.95. The minimum Gasteiger partial charge on any atom is -0.477 e. The van der Waals surface area contributed by atoms with Crippen molar-refractivity contribution in [2.75, 3.05) is 4.31 Å². The zero-order valence-electron chi connectivity index (χ0n) is 12.1. The van der Waals surface area contributed by atoms with E-state index < -0.39 is 16.0 Å². The summed E-state index contributed by atoms with van der Waals surface area (Å²) in [4.78, 5) is 11.2. The van der Waals surface area contributed by atoms with Crippen molar-refractivity contribution in [3.05, 3.63) is 46.3 Å². The summed E-state index contributed by atoms with van der Waals surface area (Å²) in [5, 5.41) is 9.12. The molecule has 7 heteroatoms. The van der Waals surface area contributed by atoms with Crippen molar-refractivity contribution >= 4 is 33.0 Å². The average Bonchev–Trinajstić information content (AvgIpc) is 2.98. The molecule has 1 aliphatic rings. The van der Waals surface area contributed by atoms with Crippen LogP contribution in [0.4, 0.5) is 5.69 Å². The van der Waals surface area contributed by atoms with Crippen molar-refractivity contribution in [1.29, 1.82) is 0 Å². The summed E-state index contributed by atoms with van der Waals surface area (Å²) in [7, 11) is -3.75. The molecule has 3 rings (SSSR count). The van der Waals surface area contributed by atoms with E-state index in [0.29, 0.717) is 17.7 Å². The van der Waals surface area contributed by atoms with Crippen LogP contribution in [0.5, 0.6) is 0 Å². The lowest BCUT2D eigenvalue weighted by molar-refractivity contribution is 0.0701. The number of aromatic carboxylic acids is 1. The fourth-order valence-electron chi connectivity index (χ4n) is 2.79. The van der Waals surface area contributed by atoms with Crippen LogP contribution in [-0.4, -0.2) is 25.5 Å². The lowest BCUT2D eigenvalue weighted by atomic mass is 10.1. The van der Waals surface area contributed by atoms with Crippen molar-refractivity contribution in [2.45, 2.75) is 30.5 Å². The Bertz CT molecular complexity index is 854. The molecular formula is C15H15NO4S2. The van der Waals surface area contributed by atoms with E-state index in [2.05, 4.69) is 0 Å². The summed E-state index contributed by atoms with van der Waals surface area (Å²) >= 11 is 0.809. The van der Waals surface area contributed by atoms with E-state index >= 15 is 0 Å². The Morgan fingerprint density at radius 1 is 1.36 bits per heavy atom. The van der Waals surface area contributed by atoms with Gasteiger partial charge in [-0.3, -0.25) is 4.31 Å². The van der Waals surface area contributed by atoms with Crippen molar-refractivity contribution in [1.82, 2.24) is 0 Å². The highest BCUT2D eigenvalue weighted by Crippen LogP contribution is 2.38. The Morgan fingerprint density at radius 2 is 2.05 bits per heavy atom. The van der Waals surface area contributed by atoms with E-state index in [1.807, 2.05) is 25.1 Å². The van der Waals surface area contributed by atoms with Gasteiger partial charge < -0.3 is 5.11 Å². The van der Waals surface area contributed by atoms with Crippen LogP contribution in [0.3, 0.4) is 0 Å². The summed E-state index contributed by atoms with van der Waals surface area (Å²) in [6, 6.07) is 8.66. The smallest absolute Gasteiger partial charge is 0.346 e. The summed E-state index contributed by atoms with van der Waals surface area (Å²) < 4.78 is 27.4. The Kier molecular flexibility index (Phi) is 3.49. The van der Waals surface area contributed by atoms with Crippen LogP contribution in [-0.2, 0) is 16.4 Å². The van der Waals surface area contributed by atoms with E-state index in [1.165, 1.54) is 10.4 Å². The van der Waals surface area contributed by atoms with Gasteiger partial charge in [0.05, 0.1) is 5.69 Å². The van der Waals surface area contributed by atoms with Crippen LogP contribution < -0.4 is 4.31 Å². The lowest BCUT2D eigenvalue weighted by Crippen LogP contribution is -2.35. The molecule has 1 aromatic carbocycles. The molecule has 1 atom stereocenters. The number of benzene rings is 1. The first-order valence-corrected chi connectivity index (χ1v) is 9.04. The molecule has 0 saturated carbocycles. The highest BCUT2D eigenvalue weighted by molar-refractivity contribution is 7.94. The Balaban J connectivity index is 2.11. The minimum absolute atomic E-state index is 0.0683. The maximum Gasteiger partial charge on any atom is 0.346 e. The van der Waals surface area contributed by atoms with Crippen LogP contribution in [0.25, 0.3) is 0 Å². The number of nitrogens with zero attached hydrogens (tertiary/aromatic N) is 1. The highest BCUT2D eigenvalue weighted by Gasteiger charge is 2.37. The second-order valence-electron chi connectivity index (χ2n) is 5.37. The number of fused-ring (bicyclic) bond motifs is 1. The first kappa shape index (κ1) is 15.1. The number of hydrogen-bond donors (Lipinski definition) is 1. The van der Waals surface area contributed by atoms with E-state index in [4.69, 9.17) is 5.11 Å². The second-order valence-corrected chi connectivity index (χ2v) is 8.46. The molecule has 116 valence electrons. The normalized spacial score (nSPS) is 17.5. The first-order chi connectivity index (χ1) is 10.3. The quantitative estimate of drug-likeness (QED) is 0.934. The molecule has 1 aliphatic heterocycles. The fraction of sp³-hybridized carbons (Fsp3) is 0.267. The Morgan fingerprint density at radius 3 is 2.68 bits per heavy atom. The molecular weight excluding hydrogens is 322 g/mol. The van der Waals surface area contributed by atoms with Gasteiger partial charge in [-0.25, -0.2) is 13.2 Å². The van der Waals surface area contributed by atoms with Gasteiger partial charge >= 0.3 is 5.97 Å². The monoisotopic (exact) mass is 337 g/mol. The van der Waals surface area contributed by atoms with Crippen molar-refractivity contribution in [2.24, 2.45) is 0 Å². The standard InChI is InChI=1S/C15H15NO4S2/c1-9-7-13(21-14(9)15(17)18)22(19,20)16-10(2)8-11-5-3-4-6-12(11)16/h3-7,10H,8H2,1-2H3,(H,17,18)/t10-/m1/s1. The number of rotatable bonds is 3. The molecule has 0 amide bonds. The number of carboxylic acid groups (broad SMARTS) is 1. The molecule has 5 nitrogen and oxygen atoms in total. The van der Waals surface area contributed by atoms with E-state index in [0.717, 1.165) is 16.9 Å². The second kappa shape index (κ2) is 5.10. The molecule has 0 bridgehead atoms. The lowest BCUT2D eigenvalue weighted by Gasteiger charge is -2.23. The maximum atomic E-state index is 12.9. The number of thiophene rings is 1. The van der Waals surface area contributed by atoms with Crippen molar-refractivity contribution in [3.8, 4) is 0 Å². The number of carboxylic acids is 1. The number of sulfonamides is 1. The largest absolute Gasteiger partial charge is 0.477 e. The molecule has 1 N–H and O–H groups in total. The van der Waals surface area contributed by atoms with Gasteiger partial charge in [0.15, 0.2) is 0 Å². The molecule has 2 aromatic rings. The van der Waals surface area contributed by atoms with Gasteiger partial charge in [0.1, 0.15) is 9.09 Å². The average molecular weight is 337 g/mol. The van der Waals surface area contributed by atoms with Crippen LogP contribution in [0.2, 0.25) is 0 Å². The van der Waals surface area contributed by atoms with E-state index in [1.54, 1.807) is 13.0 Å². The molecule has 0 radical (unpaired) electrons. The third kappa shape index (κ3) is 2.21. The van der Waals surface area contributed by atoms with Crippen LogP contribution in [0.15, 0.2) is 34.5 Å². The van der Waals surface area contributed by atoms with Crippen LogP contribution in [0, 0.1) is 6.92 Å². The predicted octanol–water partition coefficient (Wildman–Crippen LogP) is 2.89. The zero-order valence-corrected chi connectivity index (χ0v) is 13.7. The number of aryl methyl sites for hydroxylation is 1. The summed E-state index contributed by atoms with van der Waals surface area (Å²) in [6.45, 7) is 3.47. The van der Waals surface area contributed by atoms with Gasteiger partial charge in [0.25, 0.3) is 10.0 Å². The van der Waals surface area contributed by atoms with Gasteiger partial charge in [-0.2, -0.15) is 0 Å². The molecule has 0 saturated heterocycles.